The van der Waals surface area contributed by atoms with Gasteiger partial charge in [-0.25, -0.2) is 0 Å². The second-order valence-corrected chi connectivity index (χ2v) is 9.41. The standard InChI is InChI=1S/C31H33N3O5/c1-6-39-24-14-12-22(18-26(24)38-5)30-27-28(21-10-7-19(2)8-11-21)32-33-29(27)31(35)34(30)16-15-20-9-13-23(36-3)25(17-20)37-4/h7-14,17-18,30H,6,15-16H2,1-5H3,(H,32,33). The zero-order valence-corrected chi connectivity index (χ0v) is 22.9. The number of aromatic nitrogens is 2. The highest BCUT2D eigenvalue weighted by Gasteiger charge is 2.42. The van der Waals surface area contributed by atoms with Crippen LogP contribution in [0.25, 0.3) is 11.3 Å². The van der Waals surface area contributed by atoms with Gasteiger partial charge in [-0.05, 0) is 55.7 Å². The van der Waals surface area contributed by atoms with Crippen LogP contribution in [0.4, 0.5) is 0 Å². The molecule has 202 valence electrons. The average molecular weight is 528 g/mol. The van der Waals surface area contributed by atoms with E-state index in [9.17, 15) is 4.79 Å². The first-order valence-electron chi connectivity index (χ1n) is 13.0. The number of nitrogens with one attached hydrogen (secondary N) is 1. The summed E-state index contributed by atoms with van der Waals surface area (Å²) in [5.41, 5.74) is 6.21. The van der Waals surface area contributed by atoms with E-state index in [2.05, 4.69) is 22.3 Å². The fourth-order valence-electron chi connectivity index (χ4n) is 5.12. The number of hydrogen-bond acceptors (Lipinski definition) is 6. The molecule has 0 saturated heterocycles. The third-order valence-electron chi connectivity index (χ3n) is 7.08. The number of carbonyl (C=O) groups is 1. The van der Waals surface area contributed by atoms with E-state index < -0.39 is 0 Å². The number of hydrogen-bond donors (Lipinski definition) is 1. The number of amides is 1. The number of H-pyrrole nitrogens is 1. The fraction of sp³-hybridized carbons (Fsp3) is 0.290. The number of benzene rings is 3. The van der Waals surface area contributed by atoms with Crippen molar-refractivity contribution in [1.82, 2.24) is 15.1 Å². The second-order valence-electron chi connectivity index (χ2n) is 9.41. The van der Waals surface area contributed by atoms with Gasteiger partial charge in [0.15, 0.2) is 23.0 Å². The summed E-state index contributed by atoms with van der Waals surface area (Å²) in [5, 5.41) is 7.63. The van der Waals surface area contributed by atoms with Crippen LogP contribution in [0, 0.1) is 6.92 Å². The van der Waals surface area contributed by atoms with Gasteiger partial charge in [0, 0.05) is 17.7 Å². The Morgan fingerprint density at radius 2 is 1.56 bits per heavy atom. The fourth-order valence-corrected chi connectivity index (χ4v) is 5.12. The summed E-state index contributed by atoms with van der Waals surface area (Å²) in [4.78, 5) is 15.7. The van der Waals surface area contributed by atoms with Gasteiger partial charge in [0.05, 0.1) is 39.7 Å². The first-order valence-corrected chi connectivity index (χ1v) is 13.0. The van der Waals surface area contributed by atoms with Crippen molar-refractivity contribution in [2.75, 3.05) is 34.5 Å². The number of rotatable bonds is 10. The van der Waals surface area contributed by atoms with Crippen molar-refractivity contribution >= 4 is 5.91 Å². The van der Waals surface area contributed by atoms with Crippen LogP contribution >= 0.6 is 0 Å². The van der Waals surface area contributed by atoms with Gasteiger partial charge in [0.2, 0.25) is 0 Å². The largest absolute Gasteiger partial charge is 0.493 e. The maximum Gasteiger partial charge on any atom is 0.273 e. The van der Waals surface area contributed by atoms with Crippen LogP contribution in [-0.2, 0) is 6.42 Å². The SMILES string of the molecule is CCOc1ccc(C2c3c(-c4ccc(C)cc4)n[nH]c3C(=O)N2CCc2ccc(OC)c(OC)c2)cc1OC. The van der Waals surface area contributed by atoms with E-state index in [0.717, 1.165) is 33.5 Å². The first-order chi connectivity index (χ1) is 19.0. The minimum atomic E-state index is -0.354. The molecule has 1 atom stereocenters. The molecule has 4 aromatic rings. The molecule has 1 unspecified atom stereocenters. The molecular formula is C31H33N3O5. The molecule has 1 N–H and O–H groups in total. The van der Waals surface area contributed by atoms with E-state index >= 15 is 0 Å². The minimum Gasteiger partial charge on any atom is -0.493 e. The van der Waals surface area contributed by atoms with Gasteiger partial charge in [0.25, 0.3) is 5.91 Å². The first kappa shape index (κ1) is 26.2. The number of methoxy groups -OCH3 is 3. The van der Waals surface area contributed by atoms with Crippen molar-refractivity contribution in [2.45, 2.75) is 26.3 Å². The maximum absolute atomic E-state index is 13.8. The maximum atomic E-state index is 13.8. The average Bonchev–Trinajstić information content (AvgIpc) is 3.51. The minimum absolute atomic E-state index is 0.0887. The zero-order valence-electron chi connectivity index (χ0n) is 22.9. The number of fused-ring (bicyclic) bond motifs is 1. The van der Waals surface area contributed by atoms with Gasteiger partial charge in [-0.2, -0.15) is 5.10 Å². The molecule has 1 aromatic heterocycles. The lowest BCUT2D eigenvalue weighted by Gasteiger charge is -2.27. The number of nitrogens with zero attached hydrogens (tertiary/aromatic N) is 2. The van der Waals surface area contributed by atoms with Crippen LogP contribution in [-0.4, -0.2) is 55.5 Å². The Balaban J connectivity index is 1.56. The lowest BCUT2D eigenvalue weighted by molar-refractivity contribution is 0.0745. The Hall–Kier alpha value is -4.46. The molecule has 8 heteroatoms. The Morgan fingerprint density at radius 3 is 2.26 bits per heavy atom. The molecule has 0 radical (unpaired) electrons. The lowest BCUT2D eigenvalue weighted by Crippen LogP contribution is -2.31. The van der Waals surface area contributed by atoms with Gasteiger partial charge in [-0.1, -0.05) is 42.0 Å². The number of ether oxygens (including phenoxy) is 4. The molecule has 0 bridgehead atoms. The van der Waals surface area contributed by atoms with E-state index in [4.69, 9.17) is 18.9 Å². The summed E-state index contributed by atoms with van der Waals surface area (Å²) < 4.78 is 22.3. The van der Waals surface area contributed by atoms with Crippen molar-refractivity contribution in [1.29, 1.82) is 0 Å². The van der Waals surface area contributed by atoms with Gasteiger partial charge in [-0.15, -0.1) is 0 Å². The van der Waals surface area contributed by atoms with E-state index in [0.29, 0.717) is 48.3 Å². The van der Waals surface area contributed by atoms with Crippen molar-refractivity contribution < 1.29 is 23.7 Å². The Morgan fingerprint density at radius 1 is 0.872 bits per heavy atom. The van der Waals surface area contributed by atoms with Crippen LogP contribution in [0.1, 0.15) is 45.7 Å². The lowest BCUT2D eigenvalue weighted by atomic mass is 9.95. The highest BCUT2D eigenvalue weighted by Crippen LogP contribution is 2.44. The van der Waals surface area contributed by atoms with Gasteiger partial charge < -0.3 is 23.8 Å². The van der Waals surface area contributed by atoms with Gasteiger partial charge >= 0.3 is 0 Å². The molecule has 2 heterocycles. The molecule has 1 amide bonds. The van der Waals surface area contributed by atoms with E-state index in [1.54, 1.807) is 21.3 Å². The third-order valence-corrected chi connectivity index (χ3v) is 7.08. The van der Waals surface area contributed by atoms with Crippen molar-refractivity contribution in [2.24, 2.45) is 0 Å². The normalized spacial score (nSPS) is 14.3. The Labute approximate surface area is 228 Å². The van der Waals surface area contributed by atoms with Crippen LogP contribution in [0.15, 0.2) is 60.7 Å². The molecule has 0 saturated carbocycles. The monoisotopic (exact) mass is 527 g/mol. The predicted molar refractivity (Wildman–Crippen MR) is 149 cm³/mol. The molecule has 5 rings (SSSR count). The summed E-state index contributed by atoms with van der Waals surface area (Å²) in [7, 11) is 4.85. The van der Waals surface area contributed by atoms with Crippen LogP contribution in [0.3, 0.4) is 0 Å². The summed E-state index contributed by atoms with van der Waals surface area (Å²) >= 11 is 0. The number of carbonyl (C=O) groups excluding carboxylic acids is 1. The number of aromatic amines is 1. The summed E-state index contributed by atoms with van der Waals surface area (Å²) in [6.45, 7) is 5.00. The van der Waals surface area contributed by atoms with E-state index in [1.807, 2.05) is 67.3 Å². The van der Waals surface area contributed by atoms with Crippen molar-refractivity contribution in [3.63, 3.8) is 0 Å². The second kappa shape index (κ2) is 11.1. The van der Waals surface area contributed by atoms with E-state index in [-0.39, 0.29) is 11.9 Å². The zero-order chi connectivity index (χ0) is 27.5. The molecule has 39 heavy (non-hydrogen) atoms. The molecule has 1 aliphatic rings. The molecule has 0 spiro atoms. The van der Waals surface area contributed by atoms with E-state index in [1.165, 1.54) is 0 Å². The van der Waals surface area contributed by atoms with Crippen molar-refractivity contribution in [3.05, 3.63) is 88.6 Å². The third kappa shape index (κ3) is 4.90. The molecule has 8 nitrogen and oxygen atoms in total. The van der Waals surface area contributed by atoms with Crippen molar-refractivity contribution in [3.8, 4) is 34.3 Å². The van der Waals surface area contributed by atoms with Crippen LogP contribution < -0.4 is 18.9 Å². The van der Waals surface area contributed by atoms with Crippen LogP contribution in [0.5, 0.6) is 23.0 Å². The predicted octanol–water partition coefficient (Wildman–Crippen LogP) is 5.60. The molecule has 0 aliphatic carbocycles. The van der Waals surface area contributed by atoms with Gasteiger partial charge in [-0.3, -0.25) is 9.89 Å². The summed E-state index contributed by atoms with van der Waals surface area (Å²) in [6.07, 6.45) is 0.633. The van der Waals surface area contributed by atoms with Crippen LogP contribution in [0.2, 0.25) is 0 Å². The van der Waals surface area contributed by atoms with Gasteiger partial charge in [0.1, 0.15) is 5.69 Å². The Bertz CT molecular complexity index is 1480. The summed E-state index contributed by atoms with van der Waals surface area (Å²) in [5.74, 6) is 2.52. The highest BCUT2D eigenvalue weighted by atomic mass is 16.5. The topological polar surface area (TPSA) is 85.9 Å². The molecule has 1 aliphatic heterocycles. The quantitative estimate of drug-likeness (QED) is 0.289. The smallest absolute Gasteiger partial charge is 0.273 e. The number of aryl methyl sites for hydroxylation is 1. The highest BCUT2D eigenvalue weighted by molar-refractivity contribution is 6.00. The molecule has 0 fully saturated rings. The Kier molecular flexibility index (Phi) is 7.45. The summed E-state index contributed by atoms with van der Waals surface area (Å²) in [6, 6.07) is 19.5. The molecular weight excluding hydrogens is 494 g/mol. The molecule has 3 aromatic carbocycles.